The molecular weight excluding hydrogens is 453 g/mol. The van der Waals surface area contributed by atoms with Crippen LogP contribution in [0.1, 0.15) is 38.4 Å². The van der Waals surface area contributed by atoms with Crippen LogP contribution in [0, 0.1) is 5.82 Å². The van der Waals surface area contributed by atoms with E-state index in [0.717, 1.165) is 33.7 Å². The summed E-state index contributed by atoms with van der Waals surface area (Å²) in [4.78, 5) is 30.0. The molecule has 5 heterocycles. The molecule has 4 aromatic heterocycles. The van der Waals surface area contributed by atoms with Gasteiger partial charge in [-0.25, -0.2) is 18.9 Å². The largest absolute Gasteiger partial charge is 0.348 e. The lowest BCUT2D eigenvalue weighted by molar-refractivity contribution is 0.0692. The molecule has 0 fully saturated rings. The Kier molecular flexibility index (Phi) is 4.93. The number of nitrogens with one attached hydrogen (secondary N) is 1. The number of benzene rings is 1. The molecule has 1 amide bonds. The standard InChI is InChI=1S/C24H22FN7OS/c1-30(2)11-14-6-7-18-15(10-28-32(18)12-14)24(33)31-9-8-17-21(27-13-26-17)22(31)23-29-20-16(25)4-3-5-19(20)34-23/h3-7,10,12-13,22H,8-9,11H2,1-2H3,(H,26,27)/t22-/m0/s1. The Morgan fingerprint density at radius 1 is 1.29 bits per heavy atom. The Morgan fingerprint density at radius 2 is 2.18 bits per heavy atom. The molecule has 0 aliphatic carbocycles. The fourth-order valence-electron chi connectivity index (χ4n) is 4.60. The number of hydrogen-bond donors (Lipinski definition) is 1. The van der Waals surface area contributed by atoms with E-state index in [1.807, 2.05) is 38.5 Å². The van der Waals surface area contributed by atoms with Gasteiger partial charge in [0.2, 0.25) is 0 Å². The van der Waals surface area contributed by atoms with Crippen molar-refractivity contribution in [1.82, 2.24) is 34.4 Å². The quantitative estimate of drug-likeness (QED) is 0.429. The van der Waals surface area contributed by atoms with Crippen molar-refractivity contribution in [1.29, 1.82) is 0 Å². The highest BCUT2D eigenvalue weighted by Gasteiger charge is 2.37. The van der Waals surface area contributed by atoms with E-state index in [2.05, 4.69) is 25.0 Å². The molecule has 1 atom stereocenters. The van der Waals surface area contributed by atoms with Crippen LogP contribution in [-0.2, 0) is 13.0 Å². The number of rotatable bonds is 4. The Hall–Kier alpha value is -3.63. The van der Waals surface area contributed by atoms with Crippen LogP contribution in [0.2, 0.25) is 0 Å². The molecule has 0 spiro atoms. The molecule has 5 aromatic rings. The summed E-state index contributed by atoms with van der Waals surface area (Å²) in [5.41, 5.74) is 4.42. The van der Waals surface area contributed by atoms with Gasteiger partial charge in [-0.05, 0) is 37.9 Å². The van der Waals surface area contributed by atoms with Gasteiger partial charge >= 0.3 is 0 Å². The number of thiazole rings is 1. The zero-order valence-corrected chi connectivity index (χ0v) is 19.5. The monoisotopic (exact) mass is 475 g/mol. The van der Waals surface area contributed by atoms with Crippen molar-refractivity contribution in [3.63, 3.8) is 0 Å². The summed E-state index contributed by atoms with van der Waals surface area (Å²) in [6.07, 6.45) is 5.86. The topological polar surface area (TPSA) is 82.4 Å². The van der Waals surface area contributed by atoms with Crippen LogP contribution in [-0.4, -0.2) is 60.9 Å². The molecule has 1 aliphatic rings. The number of carbonyl (C=O) groups is 1. The normalized spacial score (nSPS) is 16.0. The van der Waals surface area contributed by atoms with E-state index >= 15 is 0 Å². The van der Waals surface area contributed by atoms with Crippen LogP contribution in [0.15, 0.2) is 49.1 Å². The molecule has 0 radical (unpaired) electrons. The summed E-state index contributed by atoms with van der Waals surface area (Å²) >= 11 is 1.39. The predicted octanol–water partition coefficient (Wildman–Crippen LogP) is 3.66. The number of fused-ring (bicyclic) bond motifs is 3. The maximum Gasteiger partial charge on any atom is 0.258 e. The predicted molar refractivity (Wildman–Crippen MR) is 127 cm³/mol. The first-order valence-electron chi connectivity index (χ1n) is 11.0. The second-order valence-electron chi connectivity index (χ2n) is 8.72. The summed E-state index contributed by atoms with van der Waals surface area (Å²) in [7, 11) is 4.02. The number of amides is 1. The molecule has 1 aliphatic heterocycles. The van der Waals surface area contributed by atoms with Crippen molar-refractivity contribution >= 4 is 33.0 Å². The van der Waals surface area contributed by atoms with Crippen molar-refractivity contribution in [2.45, 2.75) is 19.0 Å². The summed E-state index contributed by atoms with van der Waals surface area (Å²) < 4.78 is 16.9. The van der Waals surface area contributed by atoms with Gasteiger partial charge in [-0.3, -0.25) is 4.79 Å². The minimum atomic E-state index is -0.498. The highest BCUT2D eigenvalue weighted by atomic mass is 32.1. The van der Waals surface area contributed by atoms with Crippen LogP contribution in [0.5, 0.6) is 0 Å². The number of H-pyrrole nitrogens is 1. The smallest absolute Gasteiger partial charge is 0.258 e. The number of para-hydroxylation sites is 1. The number of pyridine rings is 1. The molecule has 34 heavy (non-hydrogen) atoms. The van der Waals surface area contributed by atoms with E-state index in [0.29, 0.717) is 29.1 Å². The second-order valence-corrected chi connectivity index (χ2v) is 9.78. The first-order chi connectivity index (χ1) is 16.5. The lowest BCUT2D eigenvalue weighted by Crippen LogP contribution is -2.40. The van der Waals surface area contributed by atoms with Gasteiger partial charge in [-0.1, -0.05) is 12.1 Å². The van der Waals surface area contributed by atoms with E-state index in [1.54, 1.807) is 28.0 Å². The number of carbonyl (C=O) groups excluding carboxylic acids is 1. The van der Waals surface area contributed by atoms with Gasteiger partial charge in [-0.15, -0.1) is 11.3 Å². The molecule has 0 unspecified atom stereocenters. The van der Waals surface area contributed by atoms with Crippen molar-refractivity contribution < 1.29 is 9.18 Å². The lowest BCUT2D eigenvalue weighted by atomic mass is 10.0. The van der Waals surface area contributed by atoms with E-state index < -0.39 is 6.04 Å². The van der Waals surface area contributed by atoms with Gasteiger partial charge in [0.05, 0.1) is 34.0 Å². The zero-order valence-electron chi connectivity index (χ0n) is 18.7. The molecule has 1 aromatic carbocycles. The number of aromatic amines is 1. The van der Waals surface area contributed by atoms with Gasteiger partial charge in [0.15, 0.2) is 0 Å². The van der Waals surface area contributed by atoms with Gasteiger partial charge in [0.1, 0.15) is 22.4 Å². The molecule has 10 heteroatoms. The first kappa shape index (κ1) is 20.9. The number of nitrogens with zero attached hydrogens (tertiary/aromatic N) is 6. The van der Waals surface area contributed by atoms with Crippen LogP contribution < -0.4 is 0 Å². The van der Waals surface area contributed by atoms with Gasteiger partial charge < -0.3 is 14.8 Å². The van der Waals surface area contributed by atoms with E-state index in [4.69, 9.17) is 0 Å². The number of aromatic nitrogens is 5. The third-order valence-electron chi connectivity index (χ3n) is 6.11. The molecule has 0 bridgehead atoms. The zero-order chi connectivity index (χ0) is 23.4. The highest BCUT2D eigenvalue weighted by Crippen LogP contribution is 2.38. The molecule has 0 saturated heterocycles. The Labute approximate surface area is 198 Å². The molecule has 8 nitrogen and oxygen atoms in total. The third-order valence-corrected chi connectivity index (χ3v) is 7.19. The maximum atomic E-state index is 14.4. The second kappa shape index (κ2) is 8.00. The van der Waals surface area contributed by atoms with E-state index in [1.165, 1.54) is 17.4 Å². The fourth-order valence-corrected chi connectivity index (χ4v) is 5.70. The maximum absolute atomic E-state index is 14.4. The SMILES string of the molecule is CN(C)Cc1ccc2c(C(=O)N3CCc4[nH]cnc4[C@H]3c3nc4c(F)cccc4s3)cnn2c1. The van der Waals surface area contributed by atoms with E-state index in [9.17, 15) is 9.18 Å². The highest BCUT2D eigenvalue weighted by molar-refractivity contribution is 7.18. The first-order valence-corrected chi connectivity index (χ1v) is 11.8. The summed E-state index contributed by atoms with van der Waals surface area (Å²) in [6.45, 7) is 1.27. The van der Waals surface area contributed by atoms with Gasteiger partial charge in [0.25, 0.3) is 5.91 Å². The molecular formula is C24H22FN7OS. The average Bonchev–Trinajstić information content (AvgIpc) is 3.55. The minimum Gasteiger partial charge on any atom is -0.348 e. The Morgan fingerprint density at radius 3 is 3.00 bits per heavy atom. The summed E-state index contributed by atoms with van der Waals surface area (Å²) in [5, 5.41) is 5.09. The van der Waals surface area contributed by atoms with Crippen LogP contribution in [0.4, 0.5) is 4.39 Å². The van der Waals surface area contributed by atoms with Crippen molar-refractivity contribution in [3.05, 3.63) is 82.4 Å². The minimum absolute atomic E-state index is 0.145. The molecule has 6 rings (SSSR count). The molecule has 1 N–H and O–H groups in total. The van der Waals surface area contributed by atoms with Gasteiger partial charge in [-0.2, -0.15) is 5.10 Å². The molecule has 172 valence electrons. The van der Waals surface area contributed by atoms with E-state index in [-0.39, 0.29) is 11.7 Å². The number of hydrogen-bond acceptors (Lipinski definition) is 6. The summed E-state index contributed by atoms with van der Waals surface area (Å²) in [5.74, 6) is -0.513. The van der Waals surface area contributed by atoms with Crippen molar-refractivity contribution in [2.75, 3.05) is 20.6 Å². The molecule has 0 saturated carbocycles. The third kappa shape index (κ3) is 3.37. The van der Waals surface area contributed by atoms with Gasteiger partial charge in [0, 0.05) is 31.4 Å². The summed E-state index contributed by atoms with van der Waals surface area (Å²) in [6, 6.07) is 8.37. The van der Waals surface area contributed by atoms with Crippen LogP contribution in [0.3, 0.4) is 0 Å². The fraction of sp³-hybridized carbons (Fsp3) is 0.250. The van der Waals surface area contributed by atoms with Crippen molar-refractivity contribution in [2.24, 2.45) is 0 Å². The van der Waals surface area contributed by atoms with Crippen LogP contribution >= 0.6 is 11.3 Å². The van der Waals surface area contributed by atoms with Crippen LogP contribution in [0.25, 0.3) is 15.7 Å². The Balaban J connectivity index is 1.42. The average molecular weight is 476 g/mol. The number of halogens is 1. The lowest BCUT2D eigenvalue weighted by Gasteiger charge is -2.33. The Bertz CT molecular complexity index is 1530. The number of imidazole rings is 1. The van der Waals surface area contributed by atoms with Crippen molar-refractivity contribution in [3.8, 4) is 0 Å².